The summed E-state index contributed by atoms with van der Waals surface area (Å²) in [6.07, 6.45) is 0.619. The van der Waals surface area contributed by atoms with Crippen molar-refractivity contribution in [3.8, 4) is 5.75 Å². The van der Waals surface area contributed by atoms with Crippen LogP contribution in [0, 0.1) is 6.92 Å². The van der Waals surface area contributed by atoms with Crippen LogP contribution >= 0.6 is 0 Å². The Hall–Kier alpha value is -2.83. The maximum absolute atomic E-state index is 11.7. The average molecular weight is 302 g/mol. The first-order valence-corrected chi connectivity index (χ1v) is 6.81. The summed E-state index contributed by atoms with van der Waals surface area (Å²) < 4.78 is 6.91. The van der Waals surface area contributed by atoms with Crippen LogP contribution in [0.5, 0.6) is 5.75 Å². The minimum Gasteiger partial charge on any atom is -0.492 e. The van der Waals surface area contributed by atoms with E-state index in [1.54, 1.807) is 32.2 Å². The molecular weight excluding hydrogens is 284 g/mol. The molecule has 0 aliphatic carbocycles. The highest BCUT2D eigenvalue weighted by Crippen LogP contribution is 2.35. The lowest BCUT2D eigenvalue weighted by atomic mass is 10.2. The monoisotopic (exact) mass is 302 g/mol. The van der Waals surface area contributed by atoms with Crippen molar-refractivity contribution in [2.45, 2.75) is 13.8 Å². The second kappa shape index (κ2) is 6.30. The number of amides is 2. The van der Waals surface area contributed by atoms with E-state index in [9.17, 15) is 9.59 Å². The fourth-order valence-corrected chi connectivity index (χ4v) is 2.38. The number of anilines is 2. The first-order chi connectivity index (χ1) is 10.5. The van der Waals surface area contributed by atoms with Crippen LogP contribution < -0.4 is 15.4 Å². The summed E-state index contributed by atoms with van der Waals surface area (Å²) >= 11 is 0. The van der Waals surface area contributed by atoms with Gasteiger partial charge in [0, 0.05) is 7.05 Å². The van der Waals surface area contributed by atoms with Crippen LogP contribution in [0.1, 0.15) is 23.1 Å². The van der Waals surface area contributed by atoms with Gasteiger partial charge in [-0.15, -0.1) is 0 Å². The summed E-state index contributed by atoms with van der Waals surface area (Å²) in [7, 11) is 1.61. The SMILES string of the molecule is CCOc1ccccc1N(C=O)c1c(C)nn(C)c1C(N)=O. The molecule has 1 aromatic heterocycles. The van der Waals surface area contributed by atoms with Gasteiger partial charge in [0.2, 0.25) is 6.41 Å². The second-order valence-corrected chi connectivity index (χ2v) is 4.65. The van der Waals surface area contributed by atoms with Gasteiger partial charge in [-0.2, -0.15) is 5.10 Å². The normalized spacial score (nSPS) is 10.3. The van der Waals surface area contributed by atoms with Gasteiger partial charge in [0.05, 0.1) is 18.0 Å². The Bertz CT molecular complexity index is 709. The average Bonchev–Trinajstić information content (AvgIpc) is 2.77. The number of benzene rings is 1. The minimum atomic E-state index is -0.654. The van der Waals surface area contributed by atoms with Gasteiger partial charge in [0.25, 0.3) is 5.91 Å². The molecule has 0 saturated carbocycles. The number of para-hydroxylation sites is 2. The zero-order valence-electron chi connectivity index (χ0n) is 12.7. The molecule has 0 spiro atoms. The predicted molar refractivity (Wildman–Crippen MR) is 82.3 cm³/mol. The minimum absolute atomic E-state index is 0.163. The van der Waals surface area contributed by atoms with Crippen LogP contribution in [0.15, 0.2) is 24.3 Å². The first kappa shape index (κ1) is 15.6. The standard InChI is InChI=1S/C15H18N4O3/c1-4-22-12-8-6-5-7-11(12)19(9-20)13-10(2)17-18(3)14(13)15(16)21/h5-9H,4H2,1-3H3,(H2,16,21). The Morgan fingerprint density at radius 1 is 1.45 bits per heavy atom. The fraction of sp³-hybridized carbons (Fsp3) is 0.267. The lowest BCUT2D eigenvalue weighted by Gasteiger charge is -2.21. The molecule has 7 nitrogen and oxygen atoms in total. The highest BCUT2D eigenvalue weighted by atomic mass is 16.5. The van der Waals surface area contributed by atoms with Crippen LogP contribution in [-0.4, -0.2) is 28.7 Å². The van der Waals surface area contributed by atoms with Gasteiger partial charge in [-0.3, -0.25) is 19.2 Å². The highest BCUT2D eigenvalue weighted by molar-refractivity contribution is 6.03. The third kappa shape index (κ3) is 2.65. The summed E-state index contributed by atoms with van der Waals surface area (Å²) in [5.41, 5.74) is 6.99. The van der Waals surface area contributed by atoms with Gasteiger partial charge < -0.3 is 10.5 Å². The van der Waals surface area contributed by atoms with Crippen LogP contribution in [0.2, 0.25) is 0 Å². The number of carbonyl (C=O) groups excluding carboxylic acids is 2. The summed E-state index contributed by atoms with van der Waals surface area (Å²) in [4.78, 5) is 24.7. The topological polar surface area (TPSA) is 90.4 Å². The maximum Gasteiger partial charge on any atom is 0.269 e. The van der Waals surface area contributed by atoms with Crippen molar-refractivity contribution in [1.29, 1.82) is 0 Å². The third-order valence-corrected chi connectivity index (χ3v) is 3.19. The number of aryl methyl sites for hydroxylation is 2. The molecule has 1 aromatic carbocycles. The Morgan fingerprint density at radius 3 is 2.73 bits per heavy atom. The van der Waals surface area contributed by atoms with E-state index in [1.807, 2.05) is 13.0 Å². The molecule has 0 atom stereocenters. The van der Waals surface area contributed by atoms with E-state index in [-0.39, 0.29) is 5.69 Å². The van der Waals surface area contributed by atoms with E-state index >= 15 is 0 Å². The van der Waals surface area contributed by atoms with Gasteiger partial charge in [0.15, 0.2) is 0 Å². The summed E-state index contributed by atoms with van der Waals surface area (Å²) in [6.45, 7) is 4.02. The Morgan fingerprint density at radius 2 is 2.14 bits per heavy atom. The second-order valence-electron chi connectivity index (χ2n) is 4.65. The molecule has 2 rings (SSSR count). The molecule has 0 bridgehead atoms. The van der Waals surface area contributed by atoms with Crippen LogP contribution in [0.4, 0.5) is 11.4 Å². The van der Waals surface area contributed by atoms with Gasteiger partial charge in [-0.1, -0.05) is 12.1 Å². The van der Waals surface area contributed by atoms with E-state index in [2.05, 4.69) is 5.10 Å². The number of hydrogen-bond acceptors (Lipinski definition) is 4. The number of primary amides is 1. The zero-order valence-corrected chi connectivity index (χ0v) is 12.7. The van der Waals surface area contributed by atoms with Crippen molar-refractivity contribution < 1.29 is 14.3 Å². The van der Waals surface area contributed by atoms with Crippen LogP contribution in [0.25, 0.3) is 0 Å². The Labute approximate surface area is 128 Å². The van der Waals surface area contributed by atoms with Crippen molar-refractivity contribution in [3.63, 3.8) is 0 Å². The molecule has 1 heterocycles. The molecule has 0 unspecified atom stereocenters. The van der Waals surface area contributed by atoms with Crippen molar-refractivity contribution >= 4 is 23.7 Å². The molecule has 0 aliphatic heterocycles. The third-order valence-electron chi connectivity index (χ3n) is 3.19. The quantitative estimate of drug-likeness (QED) is 0.819. The number of nitrogens with two attached hydrogens (primary N) is 1. The molecule has 0 aliphatic rings. The van der Waals surface area contributed by atoms with E-state index in [4.69, 9.17) is 10.5 Å². The fourth-order valence-electron chi connectivity index (χ4n) is 2.38. The summed E-state index contributed by atoms with van der Waals surface area (Å²) in [5.74, 6) is -0.116. The predicted octanol–water partition coefficient (Wildman–Crippen LogP) is 1.52. The highest BCUT2D eigenvalue weighted by Gasteiger charge is 2.25. The van der Waals surface area contributed by atoms with E-state index in [1.165, 1.54) is 9.58 Å². The maximum atomic E-state index is 11.7. The lowest BCUT2D eigenvalue weighted by molar-refractivity contribution is -0.106. The zero-order chi connectivity index (χ0) is 16.3. The van der Waals surface area contributed by atoms with E-state index in [0.29, 0.717) is 35.8 Å². The lowest BCUT2D eigenvalue weighted by Crippen LogP contribution is -2.23. The number of nitrogens with zero attached hydrogens (tertiary/aromatic N) is 3. The smallest absolute Gasteiger partial charge is 0.269 e. The molecular formula is C15H18N4O3. The number of carbonyl (C=O) groups is 2. The molecule has 7 heteroatoms. The Kier molecular flexibility index (Phi) is 4.45. The van der Waals surface area contributed by atoms with Crippen molar-refractivity contribution in [2.75, 3.05) is 11.5 Å². The molecule has 0 fully saturated rings. The van der Waals surface area contributed by atoms with Crippen molar-refractivity contribution in [2.24, 2.45) is 12.8 Å². The van der Waals surface area contributed by atoms with Crippen molar-refractivity contribution in [3.05, 3.63) is 35.7 Å². The summed E-state index contributed by atoms with van der Waals surface area (Å²) in [6, 6.07) is 7.08. The van der Waals surface area contributed by atoms with Gasteiger partial charge >= 0.3 is 0 Å². The van der Waals surface area contributed by atoms with Gasteiger partial charge in [-0.05, 0) is 26.0 Å². The molecule has 116 valence electrons. The largest absolute Gasteiger partial charge is 0.492 e. The molecule has 2 amide bonds. The van der Waals surface area contributed by atoms with E-state index < -0.39 is 5.91 Å². The number of aromatic nitrogens is 2. The Balaban J connectivity index is 2.64. The molecule has 0 radical (unpaired) electrons. The van der Waals surface area contributed by atoms with Gasteiger partial charge in [0.1, 0.15) is 17.1 Å². The van der Waals surface area contributed by atoms with Crippen LogP contribution in [0.3, 0.4) is 0 Å². The number of ether oxygens (including phenoxy) is 1. The molecule has 22 heavy (non-hydrogen) atoms. The molecule has 2 aromatic rings. The molecule has 2 N–H and O–H groups in total. The first-order valence-electron chi connectivity index (χ1n) is 6.81. The van der Waals surface area contributed by atoms with Crippen molar-refractivity contribution in [1.82, 2.24) is 9.78 Å². The van der Waals surface area contributed by atoms with E-state index in [0.717, 1.165) is 0 Å². The number of hydrogen-bond donors (Lipinski definition) is 1. The van der Waals surface area contributed by atoms with Crippen LogP contribution in [-0.2, 0) is 11.8 Å². The summed E-state index contributed by atoms with van der Waals surface area (Å²) in [5, 5.41) is 4.18. The van der Waals surface area contributed by atoms with Gasteiger partial charge in [-0.25, -0.2) is 0 Å². The molecule has 0 saturated heterocycles. The number of rotatable bonds is 6.